The van der Waals surface area contributed by atoms with Crippen molar-refractivity contribution in [1.82, 2.24) is 14.9 Å². The summed E-state index contributed by atoms with van der Waals surface area (Å²) in [5.74, 6) is 0.0622. The Hall–Kier alpha value is -3.53. The quantitative estimate of drug-likeness (QED) is 0.487. The van der Waals surface area contributed by atoms with Crippen LogP contribution < -0.4 is 0 Å². The molecule has 2 aromatic carbocycles. The minimum atomic E-state index is 0.0622. The fourth-order valence-electron chi connectivity index (χ4n) is 4.19. The van der Waals surface area contributed by atoms with Crippen molar-refractivity contribution in [2.45, 2.75) is 18.9 Å². The Morgan fingerprint density at radius 3 is 2.62 bits per heavy atom. The lowest BCUT2D eigenvalue weighted by atomic mass is 10.0. The maximum Gasteiger partial charge on any atom is 0.255 e. The summed E-state index contributed by atoms with van der Waals surface area (Å²) in [6.45, 7) is 0.760. The van der Waals surface area contributed by atoms with E-state index in [-0.39, 0.29) is 11.9 Å². The van der Waals surface area contributed by atoms with E-state index in [9.17, 15) is 4.79 Å². The first-order chi connectivity index (χ1) is 14.3. The second kappa shape index (κ2) is 7.47. The molecule has 1 aliphatic rings. The van der Waals surface area contributed by atoms with Gasteiger partial charge in [-0.3, -0.25) is 9.78 Å². The normalized spacial score (nSPS) is 16.3. The topological polar surface area (TPSA) is 46.1 Å². The zero-order valence-corrected chi connectivity index (χ0v) is 16.0. The molecule has 2 aromatic heterocycles. The molecule has 0 aliphatic carbocycles. The summed E-state index contributed by atoms with van der Waals surface area (Å²) in [7, 11) is 0. The predicted octanol–water partition coefficient (Wildman–Crippen LogP) is 5.27. The van der Waals surface area contributed by atoms with Crippen LogP contribution in [0, 0.1) is 0 Å². The number of amides is 1. The monoisotopic (exact) mass is 379 g/mol. The summed E-state index contributed by atoms with van der Waals surface area (Å²) >= 11 is 0. The van der Waals surface area contributed by atoms with Crippen molar-refractivity contribution in [3.63, 3.8) is 0 Å². The Balaban J connectivity index is 1.61. The van der Waals surface area contributed by atoms with Crippen molar-refractivity contribution in [3.8, 4) is 11.3 Å². The van der Waals surface area contributed by atoms with Crippen molar-refractivity contribution in [1.29, 1.82) is 0 Å². The molecule has 1 saturated heterocycles. The average molecular weight is 379 g/mol. The number of nitrogens with zero attached hydrogens (tertiary/aromatic N) is 3. The first kappa shape index (κ1) is 17.6. The highest BCUT2D eigenvalue weighted by Crippen LogP contribution is 2.34. The van der Waals surface area contributed by atoms with Crippen molar-refractivity contribution in [2.75, 3.05) is 6.54 Å². The Morgan fingerprint density at radius 1 is 0.966 bits per heavy atom. The Bertz CT molecular complexity index is 1160. The molecule has 29 heavy (non-hydrogen) atoms. The SMILES string of the molecule is O=C(c1cc(-c2ccccc2)nc2ccccc12)N1CCC[C@H]1c1cccnc1. The van der Waals surface area contributed by atoms with Gasteiger partial charge in [-0.15, -0.1) is 0 Å². The molecule has 4 heteroatoms. The first-order valence-corrected chi connectivity index (χ1v) is 9.97. The van der Waals surface area contributed by atoms with Gasteiger partial charge in [0.1, 0.15) is 0 Å². The molecule has 5 rings (SSSR count). The molecule has 0 saturated carbocycles. The van der Waals surface area contributed by atoms with E-state index < -0.39 is 0 Å². The van der Waals surface area contributed by atoms with Gasteiger partial charge in [0, 0.05) is 29.9 Å². The molecule has 1 aliphatic heterocycles. The van der Waals surface area contributed by atoms with Gasteiger partial charge in [0.2, 0.25) is 0 Å². The summed E-state index contributed by atoms with van der Waals surface area (Å²) < 4.78 is 0. The molecular weight excluding hydrogens is 358 g/mol. The lowest BCUT2D eigenvalue weighted by Crippen LogP contribution is -2.30. The van der Waals surface area contributed by atoms with Gasteiger partial charge in [-0.1, -0.05) is 54.6 Å². The molecule has 0 bridgehead atoms. The molecule has 0 unspecified atom stereocenters. The van der Waals surface area contributed by atoms with Crippen molar-refractivity contribution >= 4 is 16.8 Å². The van der Waals surface area contributed by atoms with Crippen LogP contribution in [0.3, 0.4) is 0 Å². The number of benzene rings is 2. The summed E-state index contributed by atoms with van der Waals surface area (Å²) in [4.78, 5) is 24.8. The minimum Gasteiger partial charge on any atom is -0.332 e. The number of para-hydroxylation sites is 1. The second-order valence-corrected chi connectivity index (χ2v) is 7.38. The fourth-order valence-corrected chi connectivity index (χ4v) is 4.19. The summed E-state index contributed by atoms with van der Waals surface area (Å²) in [5, 5.41) is 0.897. The summed E-state index contributed by atoms with van der Waals surface area (Å²) in [6.07, 6.45) is 5.61. The predicted molar refractivity (Wildman–Crippen MR) is 114 cm³/mol. The summed E-state index contributed by atoms with van der Waals surface area (Å²) in [6, 6.07) is 23.9. The van der Waals surface area contributed by atoms with Crippen LogP contribution in [0.5, 0.6) is 0 Å². The van der Waals surface area contributed by atoms with Gasteiger partial charge in [-0.2, -0.15) is 0 Å². The molecule has 4 nitrogen and oxygen atoms in total. The highest BCUT2D eigenvalue weighted by molar-refractivity contribution is 6.07. The third kappa shape index (κ3) is 3.27. The van der Waals surface area contributed by atoms with E-state index in [2.05, 4.69) is 11.1 Å². The number of pyridine rings is 2. The van der Waals surface area contributed by atoms with E-state index in [0.717, 1.165) is 47.1 Å². The van der Waals surface area contributed by atoms with Crippen LogP contribution in [0.25, 0.3) is 22.2 Å². The molecule has 1 fully saturated rings. The standard InChI is InChI=1S/C25H21N3O/c29-25(28-15-7-13-24(28)19-10-6-14-26-17-19)21-16-23(18-8-2-1-3-9-18)27-22-12-5-4-11-20(21)22/h1-6,8-12,14,16-17,24H,7,13,15H2/t24-/m0/s1. The minimum absolute atomic E-state index is 0.0622. The van der Waals surface area contributed by atoms with E-state index in [1.807, 2.05) is 77.8 Å². The molecule has 142 valence electrons. The van der Waals surface area contributed by atoms with Crippen LogP contribution in [0.4, 0.5) is 0 Å². The third-order valence-corrected chi connectivity index (χ3v) is 5.60. The van der Waals surface area contributed by atoms with Crippen LogP contribution in [-0.4, -0.2) is 27.3 Å². The van der Waals surface area contributed by atoms with Gasteiger partial charge in [0.05, 0.1) is 22.8 Å². The van der Waals surface area contributed by atoms with E-state index in [4.69, 9.17) is 4.98 Å². The number of carbonyl (C=O) groups excluding carboxylic acids is 1. The zero-order chi connectivity index (χ0) is 19.6. The average Bonchev–Trinajstić information content (AvgIpc) is 3.29. The number of carbonyl (C=O) groups is 1. The van der Waals surface area contributed by atoms with Crippen LogP contribution in [0.1, 0.15) is 34.8 Å². The lowest BCUT2D eigenvalue weighted by Gasteiger charge is -2.25. The lowest BCUT2D eigenvalue weighted by molar-refractivity contribution is 0.0737. The molecule has 0 N–H and O–H groups in total. The van der Waals surface area contributed by atoms with Gasteiger partial charge in [-0.25, -0.2) is 4.98 Å². The van der Waals surface area contributed by atoms with E-state index >= 15 is 0 Å². The number of fused-ring (bicyclic) bond motifs is 1. The number of hydrogen-bond acceptors (Lipinski definition) is 3. The molecule has 0 radical (unpaired) electrons. The molecule has 0 spiro atoms. The molecule has 1 atom stereocenters. The summed E-state index contributed by atoms with van der Waals surface area (Å²) in [5.41, 5.74) is 4.49. The Kier molecular flexibility index (Phi) is 4.53. The number of hydrogen-bond donors (Lipinski definition) is 0. The zero-order valence-electron chi connectivity index (χ0n) is 16.0. The van der Waals surface area contributed by atoms with Crippen LogP contribution in [0.15, 0.2) is 85.2 Å². The highest BCUT2D eigenvalue weighted by Gasteiger charge is 2.31. The van der Waals surface area contributed by atoms with Crippen molar-refractivity contribution < 1.29 is 4.79 Å². The smallest absolute Gasteiger partial charge is 0.255 e. The van der Waals surface area contributed by atoms with Gasteiger partial charge >= 0.3 is 0 Å². The molecule has 3 heterocycles. The van der Waals surface area contributed by atoms with E-state index in [0.29, 0.717) is 5.56 Å². The first-order valence-electron chi connectivity index (χ1n) is 9.97. The Labute approximate surface area is 169 Å². The molecule has 4 aromatic rings. The van der Waals surface area contributed by atoms with Crippen LogP contribution >= 0.6 is 0 Å². The van der Waals surface area contributed by atoms with E-state index in [1.165, 1.54) is 0 Å². The highest BCUT2D eigenvalue weighted by atomic mass is 16.2. The largest absolute Gasteiger partial charge is 0.332 e. The molecular formula is C25H21N3O. The Morgan fingerprint density at radius 2 is 1.79 bits per heavy atom. The van der Waals surface area contributed by atoms with Crippen molar-refractivity contribution in [2.24, 2.45) is 0 Å². The van der Waals surface area contributed by atoms with Crippen LogP contribution in [0.2, 0.25) is 0 Å². The number of rotatable bonds is 3. The van der Waals surface area contributed by atoms with Gasteiger partial charge < -0.3 is 4.90 Å². The third-order valence-electron chi connectivity index (χ3n) is 5.60. The number of aromatic nitrogens is 2. The number of likely N-dealkylation sites (tertiary alicyclic amines) is 1. The van der Waals surface area contributed by atoms with E-state index in [1.54, 1.807) is 6.20 Å². The van der Waals surface area contributed by atoms with Gasteiger partial charge in [-0.05, 0) is 36.6 Å². The van der Waals surface area contributed by atoms with Gasteiger partial charge in [0.15, 0.2) is 0 Å². The fraction of sp³-hybridized carbons (Fsp3) is 0.160. The maximum atomic E-state index is 13.7. The van der Waals surface area contributed by atoms with Crippen LogP contribution in [-0.2, 0) is 0 Å². The molecule has 1 amide bonds. The van der Waals surface area contributed by atoms with Crippen molar-refractivity contribution in [3.05, 3.63) is 96.3 Å². The van der Waals surface area contributed by atoms with Gasteiger partial charge in [0.25, 0.3) is 5.91 Å². The second-order valence-electron chi connectivity index (χ2n) is 7.38. The maximum absolute atomic E-state index is 13.7.